The van der Waals surface area contributed by atoms with E-state index in [2.05, 4.69) is 4.90 Å². The Bertz CT molecular complexity index is 793. The Hall–Kier alpha value is -1.76. The van der Waals surface area contributed by atoms with Crippen LogP contribution in [0.1, 0.15) is 35.7 Å². The lowest BCUT2D eigenvalue weighted by Gasteiger charge is -2.39. The summed E-state index contributed by atoms with van der Waals surface area (Å²) in [6.45, 7) is 0.960. The molecule has 2 aliphatic heterocycles. The van der Waals surface area contributed by atoms with Crippen LogP contribution in [0.4, 0.5) is 0 Å². The van der Waals surface area contributed by atoms with Gasteiger partial charge in [0, 0.05) is 4.88 Å². The number of ether oxygens (including phenoxy) is 2. The highest BCUT2D eigenvalue weighted by Crippen LogP contribution is 2.42. The molecular formula is C18H18ClNO4S. The van der Waals surface area contributed by atoms with E-state index < -0.39 is 12.0 Å². The molecular weight excluding hydrogens is 362 g/mol. The highest BCUT2D eigenvalue weighted by Gasteiger charge is 2.36. The molecule has 2 unspecified atom stereocenters. The van der Waals surface area contributed by atoms with Crippen molar-refractivity contribution in [2.24, 2.45) is 0 Å². The number of carbonyl (C=O) groups is 1. The van der Waals surface area contributed by atoms with Crippen LogP contribution in [-0.4, -0.2) is 35.4 Å². The van der Waals surface area contributed by atoms with E-state index in [9.17, 15) is 9.90 Å². The van der Waals surface area contributed by atoms with Crippen LogP contribution in [-0.2, 0) is 4.79 Å². The first-order valence-electron chi connectivity index (χ1n) is 8.27. The van der Waals surface area contributed by atoms with Crippen LogP contribution in [0.2, 0.25) is 4.34 Å². The number of rotatable bonds is 4. The number of fused-ring (bicyclic) bond motifs is 1. The van der Waals surface area contributed by atoms with Gasteiger partial charge in [0.1, 0.15) is 6.04 Å². The minimum absolute atomic E-state index is 0.159. The zero-order valence-electron chi connectivity index (χ0n) is 13.5. The maximum Gasteiger partial charge on any atom is 0.320 e. The summed E-state index contributed by atoms with van der Waals surface area (Å²) in [4.78, 5) is 14.9. The number of aliphatic carboxylic acids is 1. The molecule has 25 heavy (non-hydrogen) atoms. The molecule has 2 aliphatic rings. The van der Waals surface area contributed by atoms with Gasteiger partial charge in [0.15, 0.2) is 11.5 Å². The van der Waals surface area contributed by atoms with Crippen LogP contribution in [0, 0.1) is 0 Å². The SMILES string of the molecule is O=C(O)C1CCCCN1C(c1ccc2c(c1)OCO2)c1ccc(Cl)s1. The van der Waals surface area contributed by atoms with Gasteiger partial charge in [-0.2, -0.15) is 0 Å². The second-order valence-corrected chi connectivity index (χ2v) is 7.99. The van der Waals surface area contributed by atoms with E-state index in [1.165, 1.54) is 11.3 Å². The second kappa shape index (κ2) is 6.86. The maximum atomic E-state index is 11.8. The Morgan fingerprint density at radius 3 is 2.84 bits per heavy atom. The van der Waals surface area contributed by atoms with E-state index in [0.29, 0.717) is 16.5 Å². The van der Waals surface area contributed by atoms with Crippen molar-refractivity contribution in [2.75, 3.05) is 13.3 Å². The lowest BCUT2D eigenvalue weighted by atomic mass is 9.95. The Kier molecular flexibility index (Phi) is 4.58. The normalized spacial score (nSPS) is 21.2. The third-order valence-corrected chi connectivity index (χ3v) is 6.02. The zero-order chi connectivity index (χ0) is 17.4. The molecule has 7 heteroatoms. The third kappa shape index (κ3) is 3.21. The first kappa shape index (κ1) is 16.7. The number of likely N-dealkylation sites (tertiary alicyclic amines) is 1. The molecule has 0 amide bonds. The van der Waals surface area contributed by atoms with E-state index in [0.717, 1.165) is 35.6 Å². The smallest absolute Gasteiger partial charge is 0.320 e. The number of benzene rings is 1. The van der Waals surface area contributed by atoms with Gasteiger partial charge in [-0.25, -0.2) is 0 Å². The van der Waals surface area contributed by atoms with Crippen LogP contribution in [0.25, 0.3) is 0 Å². The van der Waals surface area contributed by atoms with Crippen LogP contribution >= 0.6 is 22.9 Å². The topological polar surface area (TPSA) is 59.0 Å². The molecule has 0 radical (unpaired) electrons. The summed E-state index contributed by atoms with van der Waals surface area (Å²) in [7, 11) is 0. The summed E-state index contributed by atoms with van der Waals surface area (Å²) in [6.07, 6.45) is 2.59. The number of carboxylic acids is 1. The molecule has 1 N–H and O–H groups in total. The molecule has 0 aliphatic carbocycles. The van der Waals surface area contributed by atoms with E-state index >= 15 is 0 Å². The first-order chi connectivity index (χ1) is 12.1. The molecule has 0 bridgehead atoms. The number of hydrogen-bond donors (Lipinski definition) is 1. The molecule has 2 aromatic rings. The molecule has 4 rings (SSSR count). The number of piperidine rings is 1. The summed E-state index contributed by atoms with van der Waals surface area (Å²) in [6, 6.07) is 9.02. The lowest BCUT2D eigenvalue weighted by molar-refractivity contribution is -0.145. The van der Waals surface area contributed by atoms with Crippen molar-refractivity contribution >= 4 is 28.9 Å². The van der Waals surface area contributed by atoms with Crippen LogP contribution in [0.5, 0.6) is 11.5 Å². The standard InChI is InChI=1S/C18H18ClNO4S/c19-16-7-6-15(25-16)17(20-8-2-1-3-12(20)18(21)22)11-4-5-13-14(9-11)24-10-23-13/h4-7,9,12,17H,1-3,8,10H2,(H,21,22). The number of thiophene rings is 1. The van der Waals surface area contributed by atoms with Crippen molar-refractivity contribution in [2.45, 2.75) is 31.3 Å². The number of nitrogens with zero attached hydrogens (tertiary/aromatic N) is 1. The summed E-state index contributed by atoms with van der Waals surface area (Å²) < 4.78 is 11.6. The van der Waals surface area contributed by atoms with Gasteiger partial charge in [0.25, 0.3) is 0 Å². The van der Waals surface area contributed by atoms with Gasteiger partial charge in [0.2, 0.25) is 6.79 Å². The van der Waals surface area contributed by atoms with Crippen molar-refractivity contribution in [1.29, 1.82) is 0 Å². The molecule has 3 heterocycles. The fraction of sp³-hybridized carbons (Fsp3) is 0.389. The largest absolute Gasteiger partial charge is 0.480 e. The third-order valence-electron chi connectivity index (χ3n) is 4.74. The fourth-order valence-electron chi connectivity index (χ4n) is 3.61. The zero-order valence-corrected chi connectivity index (χ0v) is 15.1. The summed E-state index contributed by atoms with van der Waals surface area (Å²) in [5, 5.41) is 9.70. The van der Waals surface area contributed by atoms with Gasteiger partial charge in [-0.1, -0.05) is 24.1 Å². The molecule has 1 aromatic heterocycles. The van der Waals surface area contributed by atoms with E-state index in [-0.39, 0.29) is 12.8 Å². The minimum atomic E-state index is -0.770. The van der Waals surface area contributed by atoms with Gasteiger partial charge >= 0.3 is 5.97 Å². The summed E-state index contributed by atoms with van der Waals surface area (Å²) >= 11 is 7.65. The summed E-state index contributed by atoms with van der Waals surface area (Å²) in [5.74, 6) is 0.655. The summed E-state index contributed by atoms with van der Waals surface area (Å²) in [5.41, 5.74) is 0.996. The van der Waals surface area contributed by atoms with Crippen LogP contribution in [0.3, 0.4) is 0 Å². The monoisotopic (exact) mass is 379 g/mol. The second-order valence-electron chi connectivity index (χ2n) is 6.24. The number of halogens is 1. The van der Waals surface area contributed by atoms with Crippen LogP contribution in [0.15, 0.2) is 30.3 Å². The quantitative estimate of drug-likeness (QED) is 0.864. The molecule has 132 valence electrons. The molecule has 1 fully saturated rings. The molecule has 1 aromatic carbocycles. The maximum absolute atomic E-state index is 11.8. The molecule has 1 saturated heterocycles. The van der Waals surface area contributed by atoms with Gasteiger partial charge in [-0.15, -0.1) is 11.3 Å². The highest BCUT2D eigenvalue weighted by atomic mass is 35.5. The van der Waals surface area contributed by atoms with Crippen molar-refractivity contribution in [3.63, 3.8) is 0 Å². The van der Waals surface area contributed by atoms with Crippen molar-refractivity contribution in [1.82, 2.24) is 4.90 Å². The fourth-order valence-corrected chi connectivity index (χ4v) is 4.82. The Morgan fingerprint density at radius 1 is 1.24 bits per heavy atom. The lowest BCUT2D eigenvalue weighted by Crippen LogP contribution is -2.46. The number of carboxylic acid groups (broad SMARTS) is 1. The van der Waals surface area contributed by atoms with Crippen molar-refractivity contribution in [3.8, 4) is 11.5 Å². The Labute approximate surface area is 154 Å². The average Bonchev–Trinajstić information content (AvgIpc) is 3.24. The molecule has 2 atom stereocenters. The predicted molar refractivity (Wildman–Crippen MR) is 95.7 cm³/mol. The predicted octanol–water partition coefficient (Wildman–Crippen LogP) is 4.16. The Morgan fingerprint density at radius 2 is 2.08 bits per heavy atom. The van der Waals surface area contributed by atoms with Crippen molar-refractivity contribution < 1.29 is 19.4 Å². The molecule has 0 saturated carbocycles. The minimum Gasteiger partial charge on any atom is -0.480 e. The average molecular weight is 380 g/mol. The van der Waals surface area contributed by atoms with Gasteiger partial charge in [-0.05, 0) is 49.2 Å². The molecule has 5 nitrogen and oxygen atoms in total. The van der Waals surface area contributed by atoms with Gasteiger partial charge in [-0.3, -0.25) is 9.69 Å². The van der Waals surface area contributed by atoms with Gasteiger partial charge < -0.3 is 14.6 Å². The molecule has 0 spiro atoms. The van der Waals surface area contributed by atoms with E-state index in [1.54, 1.807) is 0 Å². The van der Waals surface area contributed by atoms with E-state index in [1.807, 2.05) is 30.3 Å². The first-order valence-corrected chi connectivity index (χ1v) is 9.46. The van der Waals surface area contributed by atoms with Gasteiger partial charge in [0.05, 0.1) is 10.4 Å². The van der Waals surface area contributed by atoms with Crippen LogP contribution < -0.4 is 9.47 Å². The van der Waals surface area contributed by atoms with Crippen molar-refractivity contribution in [3.05, 3.63) is 45.1 Å². The highest BCUT2D eigenvalue weighted by molar-refractivity contribution is 7.16. The Balaban J connectivity index is 1.77. The number of hydrogen-bond acceptors (Lipinski definition) is 5. The van der Waals surface area contributed by atoms with E-state index in [4.69, 9.17) is 21.1 Å².